The zero-order valence-corrected chi connectivity index (χ0v) is 20.0. The summed E-state index contributed by atoms with van der Waals surface area (Å²) in [6, 6.07) is 3.49. The number of ether oxygens (including phenoxy) is 1. The maximum absolute atomic E-state index is 11.7. The Kier molecular flexibility index (Phi) is 7.47. The second-order valence-corrected chi connectivity index (χ2v) is 9.01. The summed E-state index contributed by atoms with van der Waals surface area (Å²) in [6.45, 7) is 8.78. The lowest BCUT2D eigenvalue weighted by Crippen LogP contribution is -2.24. The number of methoxy groups -OCH3 is 1. The average molecular weight is 461 g/mol. The minimum Gasteiger partial charge on any atom is -0.495 e. The topological polar surface area (TPSA) is 105 Å². The first-order valence-electron chi connectivity index (χ1n) is 9.93. The van der Waals surface area contributed by atoms with Gasteiger partial charge in [0.15, 0.2) is 10.3 Å². The van der Waals surface area contributed by atoms with Crippen molar-refractivity contribution in [2.75, 3.05) is 44.4 Å². The van der Waals surface area contributed by atoms with Gasteiger partial charge < -0.3 is 26.0 Å². The third-order valence-electron chi connectivity index (χ3n) is 4.90. The molecule has 8 nitrogen and oxygen atoms in total. The molecule has 2 heterocycles. The van der Waals surface area contributed by atoms with E-state index in [1.165, 1.54) is 11.3 Å². The van der Waals surface area contributed by atoms with Crippen LogP contribution in [0.2, 0.25) is 0 Å². The van der Waals surface area contributed by atoms with E-state index in [2.05, 4.69) is 34.5 Å². The Labute approximate surface area is 190 Å². The van der Waals surface area contributed by atoms with Gasteiger partial charge in [-0.15, -0.1) is 11.3 Å². The summed E-state index contributed by atoms with van der Waals surface area (Å²) in [5.74, 6) is 0.144. The maximum Gasteiger partial charge on any atom is 0.249 e. The van der Waals surface area contributed by atoms with Crippen LogP contribution in [-0.4, -0.2) is 54.6 Å². The molecule has 0 radical (unpaired) electrons. The molecule has 3 aromatic rings. The number of nitrogens with one attached hydrogen (secondary N) is 2. The van der Waals surface area contributed by atoms with Crippen molar-refractivity contribution in [2.24, 2.45) is 5.73 Å². The first-order valence-corrected chi connectivity index (χ1v) is 11.6. The smallest absolute Gasteiger partial charge is 0.249 e. The van der Waals surface area contributed by atoms with Crippen molar-refractivity contribution < 1.29 is 9.53 Å². The van der Waals surface area contributed by atoms with Crippen LogP contribution in [0, 0.1) is 13.8 Å². The summed E-state index contributed by atoms with van der Waals surface area (Å²) in [4.78, 5) is 24.3. The number of aryl methyl sites for hydroxylation is 2. The largest absolute Gasteiger partial charge is 0.495 e. The van der Waals surface area contributed by atoms with Crippen molar-refractivity contribution in [2.45, 2.75) is 20.8 Å². The van der Waals surface area contributed by atoms with Crippen LogP contribution in [0.25, 0.3) is 10.6 Å². The predicted molar refractivity (Wildman–Crippen MR) is 129 cm³/mol. The predicted octanol–water partition coefficient (Wildman–Crippen LogP) is 4.10. The van der Waals surface area contributed by atoms with E-state index >= 15 is 0 Å². The number of amides is 1. The van der Waals surface area contributed by atoms with Gasteiger partial charge in [0.2, 0.25) is 5.91 Å². The number of hydrogen-bond acceptors (Lipinski definition) is 9. The number of carbonyl (C=O) groups excluding carboxylic acids is 1. The van der Waals surface area contributed by atoms with Gasteiger partial charge in [0.1, 0.15) is 5.75 Å². The number of benzene rings is 1. The summed E-state index contributed by atoms with van der Waals surface area (Å²) in [7, 11) is 3.68. The number of primary amides is 1. The van der Waals surface area contributed by atoms with Crippen LogP contribution in [0.15, 0.2) is 17.5 Å². The lowest BCUT2D eigenvalue weighted by atomic mass is 10.1. The Morgan fingerprint density at radius 2 is 2.03 bits per heavy atom. The van der Waals surface area contributed by atoms with Gasteiger partial charge in [-0.2, -0.15) is 0 Å². The van der Waals surface area contributed by atoms with Crippen LogP contribution in [0.5, 0.6) is 5.75 Å². The number of nitrogens with two attached hydrogens (primary N) is 1. The summed E-state index contributed by atoms with van der Waals surface area (Å²) in [6.07, 6.45) is 0. The van der Waals surface area contributed by atoms with E-state index in [4.69, 9.17) is 15.5 Å². The summed E-state index contributed by atoms with van der Waals surface area (Å²) >= 11 is 3.07. The lowest BCUT2D eigenvalue weighted by molar-refractivity contribution is 0.0999. The number of carbonyl (C=O) groups is 1. The van der Waals surface area contributed by atoms with Gasteiger partial charge in [0.05, 0.1) is 29.1 Å². The molecule has 0 spiro atoms. The summed E-state index contributed by atoms with van der Waals surface area (Å²) in [5, 5.41) is 10.2. The monoisotopic (exact) mass is 460 g/mol. The molecule has 1 aromatic carbocycles. The maximum atomic E-state index is 11.7. The van der Waals surface area contributed by atoms with E-state index in [0.29, 0.717) is 22.1 Å². The Hall–Kier alpha value is -2.69. The molecule has 10 heteroatoms. The molecule has 4 N–H and O–H groups in total. The summed E-state index contributed by atoms with van der Waals surface area (Å²) in [5.41, 5.74) is 9.15. The highest BCUT2D eigenvalue weighted by molar-refractivity contribution is 7.19. The zero-order valence-electron chi connectivity index (χ0n) is 18.4. The van der Waals surface area contributed by atoms with E-state index in [1.807, 2.05) is 19.2 Å². The van der Waals surface area contributed by atoms with E-state index in [0.717, 1.165) is 46.6 Å². The molecule has 0 saturated heterocycles. The Morgan fingerprint density at radius 3 is 2.71 bits per heavy atom. The van der Waals surface area contributed by atoms with Crippen molar-refractivity contribution in [1.29, 1.82) is 0 Å². The van der Waals surface area contributed by atoms with E-state index in [1.54, 1.807) is 30.6 Å². The van der Waals surface area contributed by atoms with E-state index in [-0.39, 0.29) is 0 Å². The Morgan fingerprint density at radius 1 is 1.26 bits per heavy atom. The molecule has 166 valence electrons. The van der Waals surface area contributed by atoms with Crippen LogP contribution in [-0.2, 0) is 0 Å². The second-order valence-electron chi connectivity index (χ2n) is 7.15. The lowest BCUT2D eigenvalue weighted by Gasteiger charge is -2.13. The van der Waals surface area contributed by atoms with Gasteiger partial charge in [-0.3, -0.25) is 4.79 Å². The molecular weight excluding hydrogens is 432 g/mol. The fraction of sp³-hybridized carbons (Fsp3) is 0.381. The van der Waals surface area contributed by atoms with Crippen molar-refractivity contribution >= 4 is 44.5 Å². The SMILES string of the molecule is CCN(C)CCNc1nc(C)c(-c2csc(Nc3cc(C(N)=O)c(C)cc3OC)n2)s1. The molecule has 0 atom stereocenters. The molecule has 0 aliphatic heterocycles. The first kappa shape index (κ1) is 23.0. The van der Waals surface area contributed by atoms with Crippen molar-refractivity contribution in [3.8, 4) is 16.3 Å². The molecular formula is C21H28N6O2S2. The fourth-order valence-corrected chi connectivity index (χ4v) is 4.73. The minimum atomic E-state index is -0.478. The van der Waals surface area contributed by atoms with Crippen LogP contribution in [0.3, 0.4) is 0 Å². The molecule has 0 saturated carbocycles. The minimum absolute atomic E-state index is 0.447. The van der Waals surface area contributed by atoms with Gasteiger partial charge in [-0.05, 0) is 45.1 Å². The average Bonchev–Trinajstić information content (AvgIpc) is 3.34. The number of likely N-dealkylation sites (N-methyl/N-ethyl adjacent to an activating group) is 1. The number of hydrogen-bond donors (Lipinski definition) is 3. The molecule has 2 aromatic heterocycles. The summed E-state index contributed by atoms with van der Waals surface area (Å²) < 4.78 is 5.45. The highest BCUT2D eigenvalue weighted by Gasteiger charge is 2.16. The van der Waals surface area contributed by atoms with Gasteiger partial charge in [0, 0.05) is 24.0 Å². The molecule has 0 aliphatic carbocycles. The molecule has 0 aliphatic rings. The molecule has 31 heavy (non-hydrogen) atoms. The Bertz CT molecular complexity index is 1060. The van der Waals surface area contributed by atoms with Gasteiger partial charge in [-0.1, -0.05) is 18.3 Å². The van der Waals surface area contributed by atoms with Gasteiger partial charge >= 0.3 is 0 Å². The van der Waals surface area contributed by atoms with Gasteiger partial charge in [0.25, 0.3) is 0 Å². The van der Waals surface area contributed by atoms with Crippen LogP contribution < -0.4 is 21.1 Å². The molecule has 0 fully saturated rings. The van der Waals surface area contributed by atoms with Gasteiger partial charge in [-0.25, -0.2) is 9.97 Å². The number of aromatic nitrogens is 2. The Balaban J connectivity index is 1.77. The number of nitrogens with zero attached hydrogens (tertiary/aromatic N) is 3. The fourth-order valence-electron chi connectivity index (χ4n) is 2.99. The molecule has 1 amide bonds. The standard InChI is InChI=1S/C21H28N6O2S2/c1-6-27(4)8-7-23-20-24-13(3)18(31-20)16-11-30-21(26-16)25-15-10-14(19(22)28)12(2)9-17(15)29-5/h9-11H,6-8H2,1-5H3,(H2,22,28)(H,23,24)(H,25,26). The van der Waals surface area contributed by atoms with Crippen LogP contribution >= 0.6 is 22.7 Å². The van der Waals surface area contributed by atoms with Crippen molar-refractivity contribution in [3.63, 3.8) is 0 Å². The van der Waals surface area contributed by atoms with E-state index < -0.39 is 5.91 Å². The van der Waals surface area contributed by atoms with Crippen LogP contribution in [0.1, 0.15) is 28.5 Å². The molecule has 0 unspecified atom stereocenters. The first-order chi connectivity index (χ1) is 14.8. The quantitative estimate of drug-likeness (QED) is 0.418. The zero-order chi connectivity index (χ0) is 22.5. The highest BCUT2D eigenvalue weighted by atomic mass is 32.1. The normalized spacial score (nSPS) is 11.0. The van der Waals surface area contributed by atoms with Crippen LogP contribution in [0.4, 0.5) is 16.0 Å². The number of thiazole rings is 2. The third-order valence-corrected chi connectivity index (χ3v) is 6.79. The van der Waals surface area contributed by atoms with Crippen molar-refractivity contribution in [3.05, 3.63) is 34.3 Å². The van der Waals surface area contributed by atoms with E-state index in [9.17, 15) is 4.79 Å². The number of anilines is 3. The third kappa shape index (κ3) is 5.52. The van der Waals surface area contributed by atoms with Crippen molar-refractivity contribution in [1.82, 2.24) is 14.9 Å². The number of rotatable bonds is 10. The molecule has 0 bridgehead atoms. The highest BCUT2D eigenvalue weighted by Crippen LogP contribution is 2.37. The second kappa shape index (κ2) is 10.1. The molecule has 3 rings (SSSR count).